The van der Waals surface area contributed by atoms with Crippen molar-refractivity contribution in [2.45, 2.75) is 56.9 Å². The van der Waals surface area contributed by atoms with Crippen LogP contribution in [0.1, 0.15) is 46.0 Å². The van der Waals surface area contributed by atoms with Gasteiger partial charge in [0.1, 0.15) is 6.04 Å². The Bertz CT molecular complexity index is 786. The van der Waals surface area contributed by atoms with Gasteiger partial charge in [0.25, 0.3) is 0 Å². The van der Waals surface area contributed by atoms with Crippen molar-refractivity contribution in [1.82, 2.24) is 9.62 Å². The Balaban J connectivity index is 1.80. The molecule has 0 aliphatic carbocycles. The number of amides is 1. The van der Waals surface area contributed by atoms with Crippen molar-refractivity contribution < 1.29 is 22.7 Å². The molecule has 8 heteroatoms. The average molecular weight is 411 g/mol. The summed E-state index contributed by atoms with van der Waals surface area (Å²) in [5.41, 5.74) is 0. The molecule has 28 heavy (non-hydrogen) atoms. The fourth-order valence-electron chi connectivity index (χ4n) is 3.51. The van der Waals surface area contributed by atoms with E-state index in [0.29, 0.717) is 37.8 Å². The van der Waals surface area contributed by atoms with Gasteiger partial charge in [0.2, 0.25) is 15.9 Å². The molecule has 0 radical (unpaired) electrons. The van der Waals surface area contributed by atoms with Crippen LogP contribution >= 0.6 is 0 Å². The van der Waals surface area contributed by atoms with E-state index in [9.17, 15) is 13.2 Å². The first-order valence-corrected chi connectivity index (χ1v) is 11.6. The van der Waals surface area contributed by atoms with E-state index < -0.39 is 16.1 Å². The topological polar surface area (TPSA) is 84.9 Å². The minimum Gasteiger partial charge on any atom is -0.490 e. The summed E-state index contributed by atoms with van der Waals surface area (Å²) in [7, 11) is -3.88. The molecule has 0 aromatic heterocycles. The first-order valence-electron chi connectivity index (χ1n) is 10.1. The molecule has 2 aliphatic heterocycles. The summed E-state index contributed by atoms with van der Waals surface area (Å²) >= 11 is 0. The highest BCUT2D eigenvalue weighted by molar-refractivity contribution is 7.89. The average Bonchev–Trinajstić information content (AvgIpc) is 3.07. The van der Waals surface area contributed by atoms with Gasteiger partial charge in [0.15, 0.2) is 11.5 Å². The molecular weight excluding hydrogens is 380 g/mol. The van der Waals surface area contributed by atoms with Crippen LogP contribution in [0.4, 0.5) is 0 Å². The summed E-state index contributed by atoms with van der Waals surface area (Å²) in [6.07, 6.45) is 4.89. The first kappa shape index (κ1) is 20.9. The molecule has 1 amide bonds. The fourth-order valence-corrected chi connectivity index (χ4v) is 4.86. The summed E-state index contributed by atoms with van der Waals surface area (Å²) in [5, 5.41) is 0. The molecule has 2 heterocycles. The van der Waals surface area contributed by atoms with Crippen molar-refractivity contribution in [3.8, 4) is 11.5 Å². The normalized spacial score (nSPS) is 19.0. The molecule has 0 unspecified atom stereocenters. The molecule has 0 bridgehead atoms. The number of likely N-dealkylation sites (tertiary alicyclic amines) is 1. The highest BCUT2D eigenvalue weighted by Crippen LogP contribution is 2.32. The van der Waals surface area contributed by atoms with Crippen LogP contribution in [-0.4, -0.2) is 51.6 Å². The summed E-state index contributed by atoms with van der Waals surface area (Å²) in [6, 6.07) is 3.77. The minimum atomic E-state index is -3.88. The number of ether oxygens (including phenoxy) is 2. The van der Waals surface area contributed by atoms with Crippen LogP contribution in [0.3, 0.4) is 0 Å². The van der Waals surface area contributed by atoms with Gasteiger partial charge in [0, 0.05) is 25.6 Å². The van der Waals surface area contributed by atoms with E-state index in [1.807, 2.05) is 13.8 Å². The van der Waals surface area contributed by atoms with Crippen LogP contribution in [0.25, 0.3) is 0 Å². The molecule has 1 aromatic rings. The van der Waals surface area contributed by atoms with Crippen LogP contribution in [0.2, 0.25) is 0 Å². The standard InChI is InChI=1S/C20H30N2O5S/c1-15(2)19(20(23)22-10-5-3-4-6-11-22)21-28(24,25)16-8-9-17-18(14-16)27-13-7-12-26-17/h8-9,14-15,19,21H,3-7,10-13H2,1-2H3/t19-/m0/s1. The van der Waals surface area contributed by atoms with E-state index in [0.717, 1.165) is 32.1 Å². The van der Waals surface area contributed by atoms with Gasteiger partial charge in [-0.3, -0.25) is 4.79 Å². The number of fused-ring (bicyclic) bond motifs is 1. The Hall–Kier alpha value is -1.80. The molecule has 7 nitrogen and oxygen atoms in total. The van der Waals surface area contributed by atoms with Crippen molar-refractivity contribution in [2.75, 3.05) is 26.3 Å². The smallest absolute Gasteiger partial charge is 0.241 e. The number of carbonyl (C=O) groups is 1. The van der Waals surface area contributed by atoms with Gasteiger partial charge in [-0.25, -0.2) is 8.42 Å². The monoisotopic (exact) mass is 410 g/mol. The highest BCUT2D eigenvalue weighted by Gasteiger charge is 2.32. The SMILES string of the molecule is CC(C)[C@H](NS(=O)(=O)c1ccc2c(c1)OCCCO2)C(=O)N1CCCCCC1. The van der Waals surface area contributed by atoms with Gasteiger partial charge in [-0.1, -0.05) is 26.7 Å². The molecule has 1 aromatic carbocycles. The van der Waals surface area contributed by atoms with Gasteiger partial charge < -0.3 is 14.4 Å². The second-order valence-electron chi connectivity index (χ2n) is 7.74. The number of nitrogens with one attached hydrogen (secondary N) is 1. The Morgan fingerprint density at radius 2 is 1.64 bits per heavy atom. The zero-order chi connectivity index (χ0) is 20.1. The van der Waals surface area contributed by atoms with Crippen LogP contribution in [0.5, 0.6) is 11.5 Å². The molecule has 1 atom stereocenters. The summed E-state index contributed by atoms with van der Waals surface area (Å²) in [4.78, 5) is 14.9. The Kier molecular flexibility index (Phi) is 6.82. The maximum atomic E-state index is 13.0. The Morgan fingerprint density at radius 3 is 2.29 bits per heavy atom. The lowest BCUT2D eigenvalue weighted by atomic mass is 10.0. The van der Waals surface area contributed by atoms with E-state index in [1.54, 1.807) is 11.0 Å². The summed E-state index contributed by atoms with van der Waals surface area (Å²) in [6.45, 7) is 6.11. The van der Waals surface area contributed by atoms with E-state index in [1.165, 1.54) is 12.1 Å². The van der Waals surface area contributed by atoms with Gasteiger partial charge in [-0.2, -0.15) is 4.72 Å². The van der Waals surface area contributed by atoms with Crippen LogP contribution in [-0.2, 0) is 14.8 Å². The van der Waals surface area contributed by atoms with Crippen molar-refractivity contribution in [2.24, 2.45) is 5.92 Å². The predicted molar refractivity (Wildman–Crippen MR) is 106 cm³/mol. The first-order chi connectivity index (χ1) is 13.4. The molecule has 1 saturated heterocycles. The lowest BCUT2D eigenvalue weighted by Gasteiger charge is -2.28. The van der Waals surface area contributed by atoms with E-state index in [4.69, 9.17) is 9.47 Å². The second-order valence-corrected chi connectivity index (χ2v) is 9.46. The van der Waals surface area contributed by atoms with Gasteiger partial charge in [-0.05, 0) is 30.9 Å². The van der Waals surface area contributed by atoms with Crippen LogP contribution in [0.15, 0.2) is 23.1 Å². The van der Waals surface area contributed by atoms with Crippen molar-refractivity contribution in [3.63, 3.8) is 0 Å². The lowest BCUT2D eigenvalue weighted by molar-refractivity contribution is -0.134. The van der Waals surface area contributed by atoms with Gasteiger partial charge >= 0.3 is 0 Å². The van der Waals surface area contributed by atoms with Crippen molar-refractivity contribution >= 4 is 15.9 Å². The van der Waals surface area contributed by atoms with Gasteiger partial charge in [-0.15, -0.1) is 0 Å². The molecule has 1 fully saturated rings. The number of nitrogens with zero attached hydrogens (tertiary/aromatic N) is 1. The summed E-state index contributed by atoms with van der Waals surface area (Å²) < 4.78 is 39.8. The quantitative estimate of drug-likeness (QED) is 0.806. The van der Waals surface area contributed by atoms with E-state index in [-0.39, 0.29) is 16.7 Å². The van der Waals surface area contributed by atoms with Crippen LogP contribution in [0, 0.1) is 5.92 Å². The number of rotatable bonds is 5. The lowest BCUT2D eigenvalue weighted by Crippen LogP contribution is -2.51. The third-order valence-corrected chi connectivity index (χ3v) is 6.60. The van der Waals surface area contributed by atoms with E-state index in [2.05, 4.69) is 4.72 Å². The number of benzene rings is 1. The summed E-state index contributed by atoms with van der Waals surface area (Å²) in [5.74, 6) is 0.651. The van der Waals surface area contributed by atoms with Gasteiger partial charge in [0.05, 0.1) is 18.1 Å². The number of sulfonamides is 1. The Morgan fingerprint density at radius 1 is 1.00 bits per heavy atom. The number of hydrogen-bond donors (Lipinski definition) is 1. The number of carbonyl (C=O) groups excluding carboxylic acids is 1. The molecule has 2 aliphatic rings. The zero-order valence-corrected chi connectivity index (χ0v) is 17.5. The largest absolute Gasteiger partial charge is 0.490 e. The number of hydrogen-bond acceptors (Lipinski definition) is 5. The zero-order valence-electron chi connectivity index (χ0n) is 16.6. The molecule has 156 valence electrons. The van der Waals surface area contributed by atoms with Crippen molar-refractivity contribution in [1.29, 1.82) is 0 Å². The van der Waals surface area contributed by atoms with E-state index >= 15 is 0 Å². The third kappa shape index (κ3) is 4.97. The predicted octanol–water partition coefficient (Wildman–Crippen LogP) is 2.55. The molecular formula is C20H30N2O5S. The molecule has 0 saturated carbocycles. The molecule has 0 spiro atoms. The second kappa shape index (κ2) is 9.13. The Labute approximate surface area is 167 Å². The maximum Gasteiger partial charge on any atom is 0.241 e. The maximum absolute atomic E-state index is 13.0. The molecule has 1 N–H and O–H groups in total. The molecule has 3 rings (SSSR count). The highest BCUT2D eigenvalue weighted by atomic mass is 32.2. The third-order valence-electron chi connectivity index (χ3n) is 5.16. The van der Waals surface area contributed by atoms with Crippen LogP contribution < -0.4 is 14.2 Å². The van der Waals surface area contributed by atoms with Crippen molar-refractivity contribution in [3.05, 3.63) is 18.2 Å². The fraction of sp³-hybridized carbons (Fsp3) is 0.650. The minimum absolute atomic E-state index is 0.0751.